The SMILES string of the molecule is CC1CC(C)CN(S(=O)(=O)c2cccc(C(=O)Nc3cccc(CN4CCCC4C(N)=O)c3)c2)C1. The molecule has 3 unspecified atom stereocenters. The number of nitrogens with one attached hydrogen (secondary N) is 1. The molecule has 2 heterocycles. The standard InChI is InChI=1S/C26H34N4O4S/c1-18-12-19(2)16-30(15-18)35(33,34)23-9-4-7-21(14-23)26(32)28-22-8-3-6-20(13-22)17-29-11-5-10-24(29)25(27)31/h3-4,6-9,13-14,18-19,24H,5,10-12,15-17H2,1-2H3,(H2,27,31)(H,28,32). The molecule has 3 N–H and O–H groups in total. The van der Waals surface area contributed by atoms with Gasteiger partial charge in [0.1, 0.15) is 0 Å². The van der Waals surface area contributed by atoms with E-state index in [-0.39, 0.29) is 28.3 Å². The van der Waals surface area contributed by atoms with Crippen molar-refractivity contribution in [3.05, 3.63) is 59.7 Å². The summed E-state index contributed by atoms with van der Waals surface area (Å²) in [6.45, 7) is 6.48. The number of sulfonamides is 1. The van der Waals surface area contributed by atoms with Crippen LogP contribution in [-0.2, 0) is 21.4 Å². The van der Waals surface area contributed by atoms with Crippen molar-refractivity contribution in [2.45, 2.75) is 50.6 Å². The van der Waals surface area contributed by atoms with Crippen molar-refractivity contribution in [2.24, 2.45) is 17.6 Å². The van der Waals surface area contributed by atoms with E-state index in [0.29, 0.717) is 37.2 Å². The van der Waals surface area contributed by atoms with Crippen molar-refractivity contribution >= 4 is 27.5 Å². The third kappa shape index (κ3) is 5.91. The number of rotatable bonds is 7. The van der Waals surface area contributed by atoms with Crippen LogP contribution in [0.5, 0.6) is 0 Å². The minimum absolute atomic E-state index is 0.131. The van der Waals surface area contributed by atoms with Gasteiger partial charge in [-0.25, -0.2) is 8.42 Å². The van der Waals surface area contributed by atoms with Gasteiger partial charge in [0.25, 0.3) is 5.91 Å². The Balaban J connectivity index is 1.47. The molecule has 0 aromatic heterocycles. The molecule has 2 fully saturated rings. The van der Waals surface area contributed by atoms with E-state index >= 15 is 0 Å². The summed E-state index contributed by atoms with van der Waals surface area (Å²) < 4.78 is 28.0. The first-order chi connectivity index (χ1) is 16.6. The monoisotopic (exact) mass is 498 g/mol. The molecule has 2 aliphatic heterocycles. The molecule has 0 aliphatic carbocycles. The van der Waals surface area contributed by atoms with Gasteiger partial charge in [-0.05, 0) is 73.5 Å². The Morgan fingerprint density at radius 2 is 1.77 bits per heavy atom. The number of nitrogens with zero attached hydrogens (tertiary/aromatic N) is 2. The van der Waals surface area contributed by atoms with Crippen LogP contribution in [0.25, 0.3) is 0 Å². The summed E-state index contributed by atoms with van der Waals surface area (Å²) >= 11 is 0. The van der Waals surface area contributed by atoms with Gasteiger partial charge in [0.2, 0.25) is 15.9 Å². The average molecular weight is 499 g/mol. The van der Waals surface area contributed by atoms with Gasteiger partial charge in [-0.15, -0.1) is 0 Å². The smallest absolute Gasteiger partial charge is 0.255 e. The number of anilines is 1. The Labute approximate surface area is 207 Å². The van der Waals surface area contributed by atoms with E-state index in [1.165, 1.54) is 10.4 Å². The van der Waals surface area contributed by atoms with Crippen molar-refractivity contribution < 1.29 is 18.0 Å². The number of benzene rings is 2. The highest BCUT2D eigenvalue weighted by Gasteiger charge is 2.32. The number of piperidine rings is 1. The number of hydrogen-bond donors (Lipinski definition) is 2. The Morgan fingerprint density at radius 3 is 2.49 bits per heavy atom. The summed E-state index contributed by atoms with van der Waals surface area (Å²) in [5.74, 6) is -0.0942. The minimum Gasteiger partial charge on any atom is -0.368 e. The summed E-state index contributed by atoms with van der Waals surface area (Å²) in [6.07, 6.45) is 2.70. The molecule has 0 bridgehead atoms. The molecule has 2 aromatic rings. The summed E-state index contributed by atoms with van der Waals surface area (Å²) in [5, 5.41) is 2.87. The molecule has 2 aliphatic rings. The predicted molar refractivity (Wildman–Crippen MR) is 135 cm³/mol. The normalized spacial score (nSPS) is 23.8. The Bertz CT molecular complexity index is 1190. The first-order valence-electron chi connectivity index (χ1n) is 12.2. The molecule has 188 valence electrons. The molecule has 3 atom stereocenters. The zero-order valence-electron chi connectivity index (χ0n) is 20.3. The van der Waals surface area contributed by atoms with E-state index in [4.69, 9.17) is 5.73 Å². The average Bonchev–Trinajstić information content (AvgIpc) is 3.27. The second-order valence-electron chi connectivity index (χ2n) is 9.98. The lowest BCUT2D eigenvalue weighted by molar-refractivity contribution is -0.122. The molecule has 9 heteroatoms. The largest absolute Gasteiger partial charge is 0.368 e. The second-order valence-corrected chi connectivity index (χ2v) is 11.9. The minimum atomic E-state index is -3.68. The van der Waals surface area contributed by atoms with E-state index in [2.05, 4.69) is 24.1 Å². The van der Waals surface area contributed by atoms with E-state index in [9.17, 15) is 18.0 Å². The molecular formula is C26H34N4O4S. The van der Waals surface area contributed by atoms with Crippen molar-refractivity contribution in [1.82, 2.24) is 9.21 Å². The maximum absolute atomic E-state index is 13.3. The van der Waals surface area contributed by atoms with Crippen molar-refractivity contribution in [3.63, 3.8) is 0 Å². The van der Waals surface area contributed by atoms with Gasteiger partial charge in [0, 0.05) is 30.9 Å². The molecule has 0 radical (unpaired) electrons. The molecular weight excluding hydrogens is 464 g/mol. The lowest BCUT2D eigenvalue weighted by Crippen LogP contribution is -2.42. The van der Waals surface area contributed by atoms with Crippen LogP contribution in [0, 0.1) is 11.8 Å². The van der Waals surface area contributed by atoms with Gasteiger partial charge < -0.3 is 11.1 Å². The third-order valence-electron chi connectivity index (χ3n) is 6.83. The third-order valence-corrected chi connectivity index (χ3v) is 8.66. The maximum atomic E-state index is 13.3. The number of hydrogen-bond acceptors (Lipinski definition) is 5. The van der Waals surface area contributed by atoms with Crippen LogP contribution in [0.4, 0.5) is 5.69 Å². The highest BCUT2D eigenvalue weighted by molar-refractivity contribution is 7.89. The quantitative estimate of drug-likeness (QED) is 0.609. The van der Waals surface area contributed by atoms with Crippen molar-refractivity contribution in [2.75, 3.05) is 25.0 Å². The van der Waals surface area contributed by atoms with Crippen LogP contribution in [0.3, 0.4) is 0 Å². The molecule has 35 heavy (non-hydrogen) atoms. The number of nitrogens with two attached hydrogens (primary N) is 1. The summed E-state index contributed by atoms with van der Waals surface area (Å²) in [7, 11) is -3.68. The number of primary amides is 1. The molecule has 0 saturated carbocycles. The summed E-state index contributed by atoms with van der Waals surface area (Å²) in [5.41, 5.74) is 7.37. The highest BCUT2D eigenvalue weighted by Crippen LogP contribution is 2.27. The first-order valence-corrected chi connectivity index (χ1v) is 13.6. The van der Waals surface area contributed by atoms with E-state index in [0.717, 1.165) is 31.4 Å². The summed E-state index contributed by atoms with van der Waals surface area (Å²) in [4.78, 5) is 26.8. The lowest BCUT2D eigenvalue weighted by Gasteiger charge is -2.34. The van der Waals surface area contributed by atoms with Gasteiger partial charge in [0.05, 0.1) is 10.9 Å². The van der Waals surface area contributed by atoms with Gasteiger partial charge in [-0.2, -0.15) is 4.31 Å². The van der Waals surface area contributed by atoms with E-state index in [1.54, 1.807) is 24.3 Å². The zero-order chi connectivity index (χ0) is 25.2. The topological polar surface area (TPSA) is 113 Å². The van der Waals surface area contributed by atoms with Gasteiger partial charge in [0.15, 0.2) is 0 Å². The van der Waals surface area contributed by atoms with Crippen LogP contribution in [0.2, 0.25) is 0 Å². The maximum Gasteiger partial charge on any atom is 0.255 e. The first kappa shape index (κ1) is 25.3. The predicted octanol–water partition coefficient (Wildman–Crippen LogP) is 3.06. The summed E-state index contributed by atoms with van der Waals surface area (Å²) in [6, 6.07) is 13.4. The van der Waals surface area contributed by atoms with Crippen LogP contribution in [0.1, 0.15) is 49.0 Å². The van der Waals surface area contributed by atoms with Gasteiger partial charge in [-0.3, -0.25) is 14.5 Å². The fourth-order valence-electron chi connectivity index (χ4n) is 5.27. The molecule has 2 saturated heterocycles. The Morgan fingerprint density at radius 1 is 1.06 bits per heavy atom. The number of carbonyl (C=O) groups is 2. The van der Waals surface area contributed by atoms with Crippen LogP contribution >= 0.6 is 0 Å². The van der Waals surface area contributed by atoms with Gasteiger partial charge in [-0.1, -0.05) is 32.0 Å². The lowest BCUT2D eigenvalue weighted by atomic mass is 9.94. The van der Waals surface area contributed by atoms with E-state index < -0.39 is 10.0 Å². The van der Waals surface area contributed by atoms with Crippen molar-refractivity contribution in [1.29, 1.82) is 0 Å². The molecule has 8 nitrogen and oxygen atoms in total. The molecule has 2 amide bonds. The number of likely N-dealkylation sites (tertiary alicyclic amines) is 1. The van der Waals surface area contributed by atoms with E-state index in [1.807, 2.05) is 18.2 Å². The highest BCUT2D eigenvalue weighted by atomic mass is 32.2. The molecule has 0 spiro atoms. The Kier molecular flexibility index (Phi) is 7.59. The zero-order valence-corrected chi connectivity index (χ0v) is 21.1. The van der Waals surface area contributed by atoms with Crippen LogP contribution in [-0.4, -0.2) is 55.1 Å². The van der Waals surface area contributed by atoms with Crippen LogP contribution in [0.15, 0.2) is 53.4 Å². The van der Waals surface area contributed by atoms with Crippen LogP contribution < -0.4 is 11.1 Å². The fraction of sp³-hybridized carbons (Fsp3) is 0.462. The second kappa shape index (κ2) is 10.5. The van der Waals surface area contributed by atoms with Crippen molar-refractivity contribution in [3.8, 4) is 0 Å². The number of carbonyl (C=O) groups excluding carboxylic acids is 2. The number of amides is 2. The van der Waals surface area contributed by atoms with Gasteiger partial charge >= 0.3 is 0 Å². The molecule has 2 aromatic carbocycles. The molecule has 4 rings (SSSR count). The fourth-order valence-corrected chi connectivity index (χ4v) is 7.00. The Hall–Kier alpha value is -2.75.